The Morgan fingerprint density at radius 1 is 1.10 bits per heavy atom. The zero-order chi connectivity index (χ0) is 28.3. The van der Waals surface area contributed by atoms with Gasteiger partial charge in [0.1, 0.15) is 22.3 Å². The van der Waals surface area contributed by atoms with Crippen LogP contribution in [-0.2, 0) is 26.1 Å². The highest BCUT2D eigenvalue weighted by atomic mass is 32.2. The van der Waals surface area contributed by atoms with Crippen molar-refractivity contribution in [3.05, 3.63) is 89.6 Å². The highest BCUT2D eigenvalue weighted by Gasteiger charge is 2.30. The molecule has 40 heavy (non-hydrogen) atoms. The van der Waals surface area contributed by atoms with E-state index in [9.17, 15) is 13.2 Å². The number of thiazole rings is 1. The van der Waals surface area contributed by atoms with Crippen molar-refractivity contribution in [1.82, 2.24) is 9.97 Å². The van der Waals surface area contributed by atoms with E-state index in [1.807, 2.05) is 12.1 Å². The number of hydrogen-bond donors (Lipinski definition) is 3. The molecular weight excluding hydrogens is 548 g/mol. The summed E-state index contributed by atoms with van der Waals surface area (Å²) in [7, 11) is -4.20. The van der Waals surface area contributed by atoms with Crippen LogP contribution < -0.4 is 15.4 Å². The van der Waals surface area contributed by atoms with Gasteiger partial charge in [-0.05, 0) is 61.5 Å². The van der Waals surface area contributed by atoms with Crippen molar-refractivity contribution < 1.29 is 17.9 Å². The third kappa shape index (κ3) is 5.58. The zero-order valence-corrected chi connectivity index (χ0v) is 23.1. The fourth-order valence-corrected chi connectivity index (χ4v) is 6.64. The summed E-state index contributed by atoms with van der Waals surface area (Å²) in [6.45, 7) is 1.74. The van der Waals surface area contributed by atoms with Crippen LogP contribution in [0.5, 0.6) is 0 Å². The maximum Gasteiger partial charge on any atom is 0.326 e. The number of ether oxygens (including phenoxy) is 1. The van der Waals surface area contributed by atoms with Crippen molar-refractivity contribution >= 4 is 65.7 Å². The van der Waals surface area contributed by atoms with Gasteiger partial charge in [0.25, 0.3) is 10.0 Å². The molecule has 0 atom stereocenters. The maximum atomic E-state index is 14.0. The Hall–Kier alpha value is -4.55. The van der Waals surface area contributed by atoms with Crippen molar-refractivity contribution in [2.75, 3.05) is 22.8 Å². The molecule has 12 heteroatoms. The number of esters is 1. The first kappa shape index (κ1) is 27.0. The molecule has 0 aliphatic carbocycles. The van der Waals surface area contributed by atoms with Gasteiger partial charge in [-0.3, -0.25) is 19.5 Å². The number of hydrogen-bond acceptors (Lipinski definition) is 9. The largest absolute Gasteiger partial charge is 0.465 e. The van der Waals surface area contributed by atoms with Gasteiger partial charge >= 0.3 is 5.97 Å². The normalized spacial score (nSPS) is 11.4. The molecule has 5 aromatic rings. The van der Waals surface area contributed by atoms with Crippen LogP contribution in [0.2, 0.25) is 0 Å². The average Bonchev–Trinajstić information content (AvgIpc) is 3.37. The van der Waals surface area contributed by atoms with Crippen molar-refractivity contribution in [3.63, 3.8) is 0 Å². The lowest BCUT2D eigenvalue weighted by atomic mass is 10.2. The summed E-state index contributed by atoms with van der Waals surface area (Å²) in [5.41, 5.74) is 8.21. The molecular formula is C28H26N6O4S2. The molecule has 0 aliphatic heterocycles. The highest BCUT2D eigenvalue weighted by Crippen LogP contribution is 2.32. The molecule has 0 radical (unpaired) electrons. The fraction of sp³-hybridized carbons (Fsp3) is 0.143. The summed E-state index contributed by atoms with van der Waals surface area (Å²) in [5, 5.41) is 12.3. The predicted molar refractivity (Wildman–Crippen MR) is 157 cm³/mol. The van der Waals surface area contributed by atoms with E-state index in [1.165, 1.54) is 23.6 Å². The number of nitrogen functional groups attached to an aromatic ring is 1. The topological polar surface area (TPSA) is 151 Å². The van der Waals surface area contributed by atoms with Gasteiger partial charge in [0.15, 0.2) is 0 Å². The Labute approximate surface area is 235 Å². The van der Waals surface area contributed by atoms with Crippen molar-refractivity contribution in [2.24, 2.45) is 5.73 Å². The molecule has 4 N–H and O–H groups in total. The number of fused-ring (bicyclic) bond motifs is 2. The van der Waals surface area contributed by atoms with Crippen molar-refractivity contribution in [2.45, 2.75) is 18.4 Å². The van der Waals surface area contributed by atoms with Crippen LogP contribution in [0.1, 0.15) is 17.5 Å². The summed E-state index contributed by atoms with van der Waals surface area (Å²) < 4.78 is 35.0. The van der Waals surface area contributed by atoms with E-state index >= 15 is 0 Å². The standard InChI is InChI=1S/C28H26N6O4S2/c1-2-38-26(35)17-34(40(36,37)24-7-3-5-18-6-4-14-31-27(18)24)21-12-13-23-22(15-21)33-25(39-23)16-32-20-10-8-19(9-11-20)28(29)30/h3-15,32H,2,16-17H2,1H3,(H3,29,30). The minimum atomic E-state index is -4.20. The third-order valence-corrected chi connectivity index (χ3v) is 8.93. The molecule has 10 nitrogen and oxygen atoms in total. The predicted octanol–water partition coefficient (Wildman–Crippen LogP) is 4.50. The van der Waals surface area contributed by atoms with Crippen LogP contribution in [0, 0.1) is 5.41 Å². The summed E-state index contributed by atoms with van der Waals surface area (Å²) >= 11 is 1.48. The van der Waals surface area contributed by atoms with Gasteiger partial charge in [0.05, 0.1) is 34.6 Å². The number of pyridine rings is 1. The van der Waals surface area contributed by atoms with Gasteiger partial charge < -0.3 is 15.8 Å². The van der Waals surface area contributed by atoms with Crippen LogP contribution in [0.15, 0.2) is 83.9 Å². The van der Waals surface area contributed by atoms with Gasteiger partial charge in [-0.25, -0.2) is 13.4 Å². The minimum Gasteiger partial charge on any atom is -0.465 e. The second-order valence-electron chi connectivity index (χ2n) is 8.75. The lowest BCUT2D eigenvalue weighted by Gasteiger charge is -2.24. The Balaban J connectivity index is 1.47. The molecule has 0 aliphatic rings. The molecule has 0 amide bonds. The lowest BCUT2D eigenvalue weighted by Crippen LogP contribution is -2.36. The number of para-hydroxylation sites is 1. The number of aromatic nitrogens is 2. The Morgan fingerprint density at radius 3 is 2.62 bits per heavy atom. The SMILES string of the molecule is CCOC(=O)CN(c1ccc2sc(CNc3ccc(C(=N)N)cc3)nc2c1)S(=O)(=O)c1cccc2cccnc12. The van der Waals surface area contributed by atoms with Crippen LogP contribution in [0.25, 0.3) is 21.1 Å². The molecule has 5 rings (SSSR count). The van der Waals surface area contributed by atoms with Gasteiger partial charge in [0.2, 0.25) is 0 Å². The second-order valence-corrected chi connectivity index (χ2v) is 11.7. The van der Waals surface area contributed by atoms with Gasteiger partial charge in [-0.1, -0.05) is 18.2 Å². The van der Waals surface area contributed by atoms with Gasteiger partial charge in [-0.15, -0.1) is 11.3 Å². The molecule has 0 spiro atoms. The summed E-state index contributed by atoms with van der Waals surface area (Å²) in [6.07, 6.45) is 1.53. The summed E-state index contributed by atoms with van der Waals surface area (Å²) in [4.78, 5) is 21.5. The smallest absolute Gasteiger partial charge is 0.326 e. The number of carbonyl (C=O) groups is 1. The first-order valence-electron chi connectivity index (χ1n) is 12.4. The van der Waals surface area contributed by atoms with Crippen LogP contribution in [0.3, 0.4) is 0 Å². The number of sulfonamides is 1. The maximum absolute atomic E-state index is 14.0. The van der Waals surface area contributed by atoms with Crippen LogP contribution >= 0.6 is 11.3 Å². The number of rotatable bonds is 10. The number of nitrogens with two attached hydrogens (primary N) is 1. The van der Waals surface area contributed by atoms with Crippen molar-refractivity contribution in [3.8, 4) is 0 Å². The molecule has 0 bridgehead atoms. The molecule has 2 aromatic heterocycles. The number of amidine groups is 1. The Bertz CT molecular complexity index is 1820. The van der Waals surface area contributed by atoms with Gasteiger partial charge in [0, 0.05) is 22.8 Å². The number of carbonyl (C=O) groups excluding carboxylic acids is 1. The lowest BCUT2D eigenvalue weighted by molar-refractivity contribution is -0.141. The number of benzene rings is 3. The van der Waals surface area contributed by atoms with E-state index in [2.05, 4.69) is 15.3 Å². The molecule has 3 aromatic carbocycles. The molecule has 0 unspecified atom stereocenters. The number of nitrogens with zero attached hydrogens (tertiary/aromatic N) is 3. The van der Waals surface area contributed by atoms with Crippen LogP contribution in [-0.4, -0.2) is 43.3 Å². The minimum absolute atomic E-state index is 0.00394. The summed E-state index contributed by atoms with van der Waals surface area (Å²) in [5.74, 6) is -0.664. The highest BCUT2D eigenvalue weighted by molar-refractivity contribution is 7.93. The molecule has 0 fully saturated rings. The van der Waals surface area contributed by atoms with E-state index in [1.54, 1.807) is 61.5 Å². The van der Waals surface area contributed by atoms with E-state index in [4.69, 9.17) is 15.9 Å². The first-order chi connectivity index (χ1) is 19.3. The number of anilines is 2. The van der Waals surface area contributed by atoms with Gasteiger partial charge in [-0.2, -0.15) is 0 Å². The second kappa shape index (κ2) is 11.3. The fourth-order valence-electron chi connectivity index (χ4n) is 4.18. The monoisotopic (exact) mass is 574 g/mol. The van der Waals surface area contributed by atoms with Crippen LogP contribution in [0.4, 0.5) is 11.4 Å². The Morgan fingerprint density at radius 2 is 1.88 bits per heavy atom. The Kier molecular flexibility index (Phi) is 7.63. The van der Waals surface area contributed by atoms with E-state index in [0.717, 1.165) is 19.7 Å². The zero-order valence-electron chi connectivity index (χ0n) is 21.5. The quantitative estimate of drug-likeness (QED) is 0.125. The van der Waals surface area contributed by atoms with E-state index in [-0.39, 0.29) is 23.0 Å². The van der Waals surface area contributed by atoms with E-state index < -0.39 is 22.5 Å². The van der Waals surface area contributed by atoms with Crippen molar-refractivity contribution in [1.29, 1.82) is 5.41 Å². The number of nitrogens with one attached hydrogen (secondary N) is 2. The van der Waals surface area contributed by atoms with E-state index in [0.29, 0.717) is 28.5 Å². The molecule has 0 saturated heterocycles. The molecule has 2 heterocycles. The molecule has 0 saturated carbocycles. The average molecular weight is 575 g/mol. The molecule has 204 valence electrons. The summed E-state index contributed by atoms with van der Waals surface area (Å²) in [6, 6.07) is 20.7. The first-order valence-corrected chi connectivity index (χ1v) is 14.6. The third-order valence-electron chi connectivity index (χ3n) is 6.08.